The van der Waals surface area contributed by atoms with Crippen LogP contribution in [0.5, 0.6) is 5.75 Å². The largest absolute Gasteiger partial charge is 0.497 e. The third-order valence-electron chi connectivity index (χ3n) is 5.62. The third-order valence-corrected chi connectivity index (χ3v) is 5.62. The van der Waals surface area contributed by atoms with Gasteiger partial charge < -0.3 is 15.8 Å². The van der Waals surface area contributed by atoms with Crippen LogP contribution >= 0.6 is 0 Å². The van der Waals surface area contributed by atoms with Crippen LogP contribution in [0.15, 0.2) is 72.8 Å². The maximum atomic E-state index is 14.8. The number of halogens is 2. The highest BCUT2D eigenvalue weighted by Gasteiger charge is 2.21. The van der Waals surface area contributed by atoms with E-state index in [0.29, 0.717) is 41.3 Å². The number of nitrogens with two attached hydrogens (primary N) is 1. The molecule has 0 saturated heterocycles. The van der Waals surface area contributed by atoms with Gasteiger partial charge in [0, 0.05) is 12.1 Å². The molecule has 0 spiro atoms. The van der Waals surface area contributed by atoms with E-state index in [9.17, 15) is 8.78 Å². The Morgan fingerprint density at radius 1 is 0.943 bits per heavy atom. The number of nitrogen functional groups attached to an aromatic ring is 1. The highest BCUT2D eigenvalue weighted by Crippen LogP contribution is 2.34. The van der Waals surface area contributed by atoms with E-state index in [0.717, 1.165) is 11.3 Å². The van der Waals surface area contributed by atoms with Gasteiger partial charge in [-0.25, -0.2) is 18.4 Å². The molecule has 7 nitrogen and oxygen atoms in total. The van der Waals surface area contributed by atoms with Crippen molar-refractivity contribution in [3.05, 3.63) is 90.0 Å². The number of hydrogen-bond acceptors (Lipinski definition) is 6. The molecule has 3 aromatic carbocycles. The van der Waals surface area contributed by atoms with Crippen LogP contribution in [0, 0.1) is 11.6 Å². The second kappa shape index (κ2) is 9.38. The highest BCUT2D eigenvalue weighted by atomic mass is 19.1. The van der Waals surface area contributed by atoms with Crippen molar-refractivity contribution in [2.24, 2.45) is 0 Å². The number of aromatic nitrogens is 4. The van der Waals surface area contributed by atoms with E-state index in [1.54, 1.807) is 37.4 Å². The van der Waals surface area contributed by atoms with Crippen molar-refractivity contribution in [1.29, 1.82) is 0 Å². The minimum absolute atomic E-state index is 0.231. The van der Waals surface area contributed by atoms with E-state index < -0.39 is 5.82 Å². The molecule has 176 valence electrons. The fourth-order valence-electron chi connectivity index (χ4n) is 3.83. The van der Waals surface area contributed by atoms with Gasteiger partial charge in [-0.1, -0.05) is 24.3 Å². The standard InChI is InChI=1S/C26H22F2N6O/c1-35-19-12-6-16(7-13-19)14-15-30-26-31-23(20-4-2-3-5-21(20)28)22-24(29)34(33-25(22)32-26)18-10-8-17(27)9-11-18/h2-13H,14-15,29H2,1H3,(H,30,32,33). The molecule has 3 N–H and O–H groups in total. The van der Waals surface area contributed by atoms with Gasteiger partial charge in [0.05, 0.1) is 23.9 Å². The molecule has 0 atom stereocenters. The molecule has 0 fully saturated rings. The first-order valence-electron chi connectivity index (χ1n) is 11.0. The lowest BCUT2D eigenvalue weighted by Crippen LogP contribution is -2.09. The molecule has 9 heteroatoms. The predicted molar refractivity (Wildman–Crippen MR) is 132 cm³/mol. The number of methoxy groups -OCH3 is 1. The zero-order valence-electron chi connectivity index (χ0n) is 18.9. The maximum absolute atomic E-state index is 14.8. The Hall–Kier alpha value is -4.53. The zero-order chi connectivity index (χ0) is 24.4. The molecule has 0 bridgehead atoms. The van der Waals surface area contributed by atoms with E-state index in [1.807, 2.05) is 24.3 Å². The number of rotatable bonds is 7. The van der Waals surface area contributed by atoms with E-state index in [1.165, 1.54) is 22.9 Å². The van der Waals surface area contributed by atoms with Crippen molar-refractivity contribution < 1.29 is 13.5 Å². The summed E-state index contributed by atoms with van der Waals surface area (Å²) in [5.41, 5.74) is 8.99. The summed E-state index contributed by atoms with van der Waals surface area (Å²) in [6, 6.07) is 19.9. The molecule has 2 aromatic heterocycles. The van der Waals surface area contributed by atoms with Crippen LogP contribution in [0.4, 0.5) is 20.5 Å². The van der Waals surface area contributed by atoms with Crippen LogP contribution < -0.4 is 15.8 Å². The average molecular weight is 472 g/mol. The van der Waals surface area contributed by atoms with Gasteiger partial charge in [0.15, 0.2) is 5.65 Å². The fraction of sp³-hybridized carbons (Fsp3) is 0.115. The Bertz CT molecular complexity index is 1480. The van der Waals surface area contributed by atoms with Crippen molar-refractivity contribution in [3.8, 4) is 22.7 Å². The van der Waals surface area contributed by atoms with Crippen molar-refractivity contribution in [3.63, 3.8) is 0 Å². The van der Waals surface area contributed by atoms with Crippen LogP contribution in [0.2, 0.25) is 0 Å². The van der Waals surface area contributed by atoms with Crippen LogP contribution in [0.25, 0.3) is 28.0 Å². The van der Waals surface area contributed by atoms with Crippen LogP contribution in [0.1, 0.15) is 5.56 Å². The number of benzene rings is 3. The molecular formula is C26H22F2N6O. The first-order valence-corrected chi connectivity index (χ1v) is 11.0. The topological polar surface area (TPSA) is 90.9 Å². The quantitative estimate of drug-likeness (QED) is 0.346. The van der Waals surface area contributed by atoms with Gasteiger partial charge >= 0.3 is 0 Å². The Morgan fingerprint density at radius 3 is 2.40 bits per heavy atom. The molecule has 0 saturated carbocycles. The maximum Gasteiger partial charge on any atom is 0.225 e. The summed E-state index contributed by atoms with van der Waals surface area (Å²) < 4.78 is 34.8. The van der Waals surface area contributed by atoms with E-state index in [-0.39, 0.29) is 17.2 Å². The minimum atomic E-state index is -0.439. The Labute approximate surface area is 200 Å². The number of anilines is 2. The number of fused-ring (bicyclic) bond motifs is 1. The Balaban J connectivity index is 1.53. The summed E-state index contributed by atoms with van der Waals surface area (Å²) in [5.74, 6) is 0.506. The number of hydrogen-bond donors (Lipinski definition) is 2. The summed E-state index contributed by atoms with van der Waals surface area (Å²) in [5, 5.41) is 8.14. The summed E-state index contributed by atoms with van der Waals surface area (Å²) >= 11 is 0. The lowest BCUT2D eigenvalue weighted by atomic mass is 10.1. The third kappa shape index (κ3) is 4.48. The van der Waals surface area contributed by atoms with E-state index >= 15 is 0 Å². The van der Waals surface area contributed by atoms with Gasteiger partial charge in [0.25, 0.3) is 0 Å². The molecule has 5 aromatic rings. The van der Waals surface area contributed by atoms with Crippen molar-refractivity contribution in [2.75, 3.05) is 24.7 Å². The van der Waals surface area contributed by atoms with E-state index in [2.05, 4.69) is 20.4 Å². The second-order valence-electron chi connectivity index (χ2n) is 7.87. The molecule has 0 radical (unpaired) electrons. The van der Waals surface area contributed by atoms with Gasteiger partial charge in [-0.2, -0.15) is 4.98 Å². The van der Waals surface area contributed by atoms with Gasteiger partial charge in [-0.15, -0.1) is 5.10 Å². The van der Waals surface area contributed by atoms with Crippen LogP contribution in [-0.4, -0.2) is 33.4 Å². The van der Waals surface area contributed by atoms with Crippen LogP contribution in [0.3, 0.4) is 0 Å². The Kier molecular flexibility index (Phi) is 5.97. The normalized spacial score (nSPS) is 11.1. The second-order valence-corrected chi connectivity index (χ2v) is 7.87. The first kappa shape index (κ1) is 22.3. The number of nitrogens with zero attached hydrogens (tertiary/aromatic N) is 4. The first-order chi connectivity index (χ1) is 17.0. The van der Waals surface area contributed by atoms with Gasteiger partial charge in [0.2, 0.25) is 5.95 Å². The monoisotopic (exact) mass is 472 g/mol. The molecule has 0 amide bonds. The lowest BCUT2D eigenvalue weighted by Gasteiger charge is -2.09. The van der Waals surface area contributed by atoms with Crippen molar-refractivity contribution in [1.82, 2.24) is 19.7 Å². The summed E-state index contributed by atoms with van der Waals surface area (Å²) in [6.45, 7) is 0.544. The minimum Gasteiger partial charge on any atom is -0.497 e. The van der Waals surface area contributed by atoms with Gasteiger partial charge in [0.1, 0.15) is 23.2 Å². The smallest absolute Gasteiger partial charge is 0.225 e. The zero-order valence-corrected chi connectivity index (χ0v) is 18.9. The summed E-state index contributed by atoms with van der Waals surface area (Å²) in [4.78, 5) is 9.12. The number of nitrogens with one attached hydrogen (secondary N) is 1. The van der Waals surface area contributed by atoms with Gasteiger partial charge in [-0.05, 0) is 60.5 Å². The fourth-order valence-corrected chi connectivity index (χ4v) is 3.83. The van der Waals surface area contributed by atoms with E-state index in [4.69, 9.17) is 10.5 Å². The SMILES string of the molecule is COc1ccc(CCNc2nc(-c3ccccc3F)c3c(N)n(-c4ccc(F)cc4)nc3n2)cc1. The van der Waals surface area contributed by atoms with Gasteiger partial charge in [-0.3, -0.25) is 0 Å². The molecule has 35 heavy (non-hydrogen) atoms. The lowest BCUT2D eigenvalue weighted by molar-refractivity contribution is 0.414. The average Bonchev–Trinajstić information content (AvgIpc) is 3.21. The molecule has 0 aliphatic carbocycles. The van der Waals surface area contributed by atoms with Crippen molar-refractivity contribution in [2.45, 2.75) is 6.42 Å². The van der Waals surface area contributed by atoms with Crippen molar-refractivity contribution >= 4 is 22.8 Å². The summed E-state index contributed by atoms with van der Waals surface area (Å²) in [7, 11) is 1.63. The Morgan fingerprint density at radius 2 is 1.69 bits per heavy atom. The molecule has 2 heterocycles. The number of ether oxygens (including phenoxy) is 1. The molecule has 0 aliphatic rings. The van der Waals surface area contributed by atoms with Crippen LogP contribution in [-0.2, 0) is 6.42 Å². The molecule has 0 aliphatic heterocycles. The molecular weight excluding hydrogens is 450 g/mol. The summed E-state index contributed by atoms with van der Waals surface area (Å²) in [6.07, 6.45) is 0.715. The highest BCUT2D eigenvalue weighted by molar-refractivity contribution is 5.99. The molecule has 0 unspecified atom stereocenters. The predicted octanol–water partition coefficient (Wildman–Crippen LogP) is 5.01. The molecule has 5 rings (SSSR count).